The van der Waals surface area contributed by atoms with Crippen molar-refractivity contribution in [2.45, 2.75) is 6.42 Å². The molecule has 0 unspecified atom stereocenters. The second-order valence-electron chi connectivity index (χ2n) is 4.02. The third-order valence-electron chi connectivity index (χ3n) is 2.70. The van der Waals surface area contributed by atoms with E-state index in [-0.39, 0.29) is 18.2 Å². The Bertz CT molecular complexity index is 458. The summed E-state index contributed by atoms with van der Waals surface area (Å²) in [6, 6.07) is 3.40. The molecule has 0 atom stereocenters. The van der Waals surface area contributed by atoms with E-state index in [9.17, 15) is 9.59 Å². The number of amides is 1. The molecule has 0 radical (unpaired) electrons. The topological polar surface area (TPSA) is 70.5 Å². The lowest BCUT2D eigenvalue weighted by Crippen LogP contribution is -2.50. The van der Waals surface area contributed by atoms with E-state index in [1.165, 1.54) is 0 Å². The van der Waals surface area contributed by atoms with Gasteiger partial charge in [-0.1, -0.05) is 0 Å². The molecular formula is C11H11BrN2O3. The number of rotatable bonds is 3. The predicted octanol–water partition coefficient (Wildman–Crippen LogP) is 1.39. The van der Waals surface area contributed by atoms with E-state index in [1.807, 2.05) is 0 Å². The lowest BCUT2D eigenvalue weighted by atomic mass is 9.95. The molecule has 6 heteroatoms. The summed E-state index contributed by atoms with van der Waals surface area (Å²) in [7, 11) is 0. The van der Waals surface area contributed by atoms with E-state index in [1.54, 1.807) is 23.2 Å². The molecule has 0 aliphatic carbocycles. The van der Waals surface area contributed by atoms with Crippen molar-refractivity contribution in [3.05, 3.63) is 28.5 Å². The van der Waals surface area contributed by atoms with Gasteiger partial charge in [-0.15, -0.1) is 0 Å². The molecular weight excluding hydrogens is 288 g/mol. The molecule has 1 saturated heterocycles. The normalized spacial score (nSPS) is 15.5. The first kappa shape index (κ1) is 12.0. The zero-order valence-electron chi connectivity index (χ0n) is 8.97. The van der Waals surface area contributed by atoms with Gasteiger partial charge in [0.2, 0.25) is 0 Å². The van der Waals surface area contributed by atoms with E-state index in [0.29, 0.717) is 23.3 Å². The summed E-state index contributed by atoms with van der Waals surface area (Å²) in [5.41, 5.74) is 0.515. The predicted molar refractivity (Wildman–Crippen MR) is 63.6 cm³/mol. The molecule has 1 aromatic rings. The van der Waals surface area contributed by atoms with Gasteiger partial charge in [-0.25, -0.2) is 4.98 Å². The lowest BCUT2D eigenvalue weighted by molar-refractivity contribution is -0.139. The molecule has 1 fully saturated rings. The van der Waals surface area contributed by atoms with Crippen molar-refractivity contribution in [3.63, 3.8) is 0 Å². The Morgan fingerprint density at radius 3 is 2.82 bits per heavy atom. The first-order chi connectivity index (χ1) is 8.08. The van der Waals surface area contributed by atoms with E-state index < -0.39 is 5.97 Å². The van der Waals surface area contributed by atoms with Gasteiger partial charge in [-0.2, -0.15) is 0 Å². The summed E-state index contributed by atoms with van der Waals surface area (Å²) in [5.74, 6) is -0.844. The van der Waals surface area contributed by atoms with Crippen LogP contribution in [0.4, 0.5) is 0 Å². The minimum atomic E-state index is -0.815. The lowest BCUT2D eigenvalue weighted by Gasteiger charge is -2.38. The number of carbonyl (C=O) groups is 2. The van der Waals surface area contributed by atoms with Crippen LogP contribution in [0.15, 0.2) is 22.9 Å². The first-order valence-electron chi connectivity index (χ1n) is 5.19. The Labute approximate surface area is 107 Å². The molecule has 1 amide bonds. The maximum Gasteiger partial charge on any atom is 0.303 e. The number of aromatic nitrogens is 1. The molecule has 1 aromatic heterocycles. The van der Waals surface area contributed by atoms with Crippen LogP contribution in [0.1, 0.15) is 16.8 Å². The van der Waals surface area contributed by atoms with Crippen molar-refractivity contribution in [3.8, 4) is 0 Å². The fraction of sp³-hybridized carbons (Fsp3) is 0.364. The molecule has 5 nitrogen and oxygen atoms in total. The monoisotopic (exact) mass is 298 g/mol. The van der Waals surface area contributed by atoms with Gasteiger partial charge in [0.25, 0.3) is 5.91 Å². The van der Waals surface area contributed by atoms with E-state index in [0.717, 1.165) is 0 Å². The molecule has 0 saturated carbocycles. The highest BCUT2D eigenvalue weighted by molar-refractivity contribution is 9.10. The van der Waals surface area contributed by atoms with Crippen LogP contribution in [0.5, 0.6) is 0 Å². The number of likely N-dealkylation sites (tertiary alicyclic amines) is 1. The Kier molecular flexibility index (Phi) is 3.42. The maximum atomic E-state index is 12.0. The summed E-state index contributed by atoms with van der Waals surface area (Å²) < 4.78 is 0.520. The standard InChI is InChI=1S/C11H11BrN2O3/c12-10-8(2-1-3-13-10)11(17)14-5-7(6-14)4-9(15)16/h1-3,7H,4-6H2,(H,15,16). The van der Waals surface area contributed by atoms with Crippen molar-refractivity contribution >= 4 is 27.8 Å². The van der Waals surface area contributed by atoms with Gasteiger partial charge in [0, 0.05) is 25.2 Å². The third-order valence-corrected chi connectivity index (χ3v) is 3.33. The molecule has 17 heavy (non-hydrogen) atoms. The van der Waals surface area contributed by atoms with Crippen molar-refractivity contribution in [1.82, 2.24) is 9.88 Å². The van der Waals surface area contributed by atoms with Crippen LogP contribution >= 0.6 is 15.9 Å². The van der Waals surface area contributed by atoms with Crippen LogP contribution in [0.3, 0.4) is 0 Å². The highest BCUT2D eigenvalue weighted by Gasteiger charge is 2.33. The number of carboxylic acid groups (broad SMARTS) is 1. The highest BCUT2D eigenvalue weighted by Crippen LogP contribution is 2.23. The maximum absolute atomic E-state index is 12.0. The van der Waals surface area contributed by atoms with Gasteiger partial charge in [0.1, 0.15) is 4.60 Å². The van der Waals surface area contributed by atoms with Gasteiger partial charge >= 0.3 is 5.97 Å². The molecule has 1 N–H and O–H groups in total. The van der Waals surface area contributed by atoms with E-state index in [4.69, 9.17) is 5.11 Å². The molecule has 1 aliphatic heterocycles. The zero-order chi connectivity index (χ0) is 12.4. The van der Waals surface area contributed by atoms with Crippen molar-refractivity contribution in [2.75, 3.05) is 13.1 Å². The minimum Gasteiger partial charge on any atom is -0.481 e. The van der Waals surface area contributed by atoms with Gasteiger partial charge in [-0.3, -0.25) is 9.59 Å². The summed E-state index contributed by atoms with van der Waals surface area (Å²) in [6.07, 6.45) is 1.72. The highest BCUT2D eigenvalue weighted by atomic mass is 79.9. The Morgan fingerprint density at radius 1 is 1.53 bits per heavy atom. The zero-order valence-corrected chi connectivity index (χ0v) is 10.6. The molecule has 2 rings (SSSR count). The fourth-order valence-corrected chi connectivity index (χ4v) is 2.25. The van der Waals surface area contributed by atoms with Crippen LogP contribution in [0.25, 0.3) is 0 Å². The van der Waals surface area contributed by atoms with E-state index >= 15 is 0 Å². The number of halogens is 1. The average molecular weight is 299 g/mol. The molecule has 0 bridgehead atoms. The summed E-state index contributed by atoms with van der Waals surface area (Å²) >= 11 is 3.22. The SMILES string of the molecule is O=C(O)CC1CN(C(=O)c2cccnc2Br)C1. The van der Waals surface area contributed by atoms with E-state index in [2.05, 4.69) is 20.9 Å². The molecule has 1 aliphatic rings. The van der Waals surface area contributed by atoms with Crippen molar-refractivity contribution in [2.24, 2.45) is 5.92 Å². The van der Waals surface area contributed by atoms with Crippen molar-refractivity contribution in [1.29, 1.82) is 0 Å². The first-order valence-corrected chi connectivity index (χ1v) is 5.99. The number of carbonyl (C=O) groups excluding carboxylic acids is 1. The molecule has 0 spiro atoms. The number of hydrogen-bond donors (Lipinski definition) is 1. The van der Waals surface area contributed by atoms with Crippen molar-refractivity contribution < 1.29 is 14.7 Å². The number of carboxylic acids is 1. The third kappa shape index (κ3) is 2.63. The largest absolute Gasteiger partial charge is 0.481 e. The van der Waals surface area contributed by atoms with Gasteiger partial charge < -0.3 is 10.0 Å². The quantitative estimate of drug-likeness (QED) is 0.856. The Hall–Kier alpha value is -1.43. The summed E-state index contributed by atoms with van der Waals surface area (Å²) in [6.45, 7) is 1.01. The summed E-state index contributed by atoms with van der Waals surface area (Å²) in [4.78, 5) is 28.1. The molecule has 2 heterocycles. The Balaban J connectivity index is 1.96. The molecule has 0 aromatic carbocycles. The van der Waals surface area contributed by atoms with Gasteiger partial charge in [-0.05, 0) is 28.1 Å². The Morgan fingerprint density at radius 2 is 2.24 bits per heavy atom. The van der Waals surface area contributed by atoms with Crippen LogP contribution in [0, 0.1) is 5.92 Å². The van der Waals surface area contributed by atoms with Crippen LogP contribution in [-0.2, 0) is 4.79 Å². The van der Waals surface area contributed by atoms with Crippen LogP contribution in [-0.4, -0.2) is 40.0 Å². The second-order valence-corrected chi connectivity index (χ2v) is 4.77. The van der Waals surface area contributed by atoms with Gasteiger partial charge in [0.05, 0.1) is 12.0 Å². The fourth-order valence-electron chi connectivity index (χ4n) is 1.83. The smallest absolute Gasteiger partial charge is 0.303 e. The second kappa shape index (κ2) is 4.83. The number of aliphatic carboxylic acids is 1. The van der Waals surface area contributed by atoms with Crippen LogP contribution in [0.2, 0.25) is 0 Å². The number of pyridine rings is 1. The van der Waals surface area contributed by atoms with Gasteiger partial charge in [0.15, 0.2) is 0 Å². The van der Waals surface area contributed by atoms with Crippen LogP contribution < -0.4 is 0 Å². The number of nitrogens with zero attached hydrogens (tertiary/aromatic N) is 2. The number of hydrogen-bond acceptors (Lipinski definition) is 3. The summed E-state index contributed by atoms with van der Waals surface area (Å²) in [5, 5.41) is 8.61. The minimum absolute atomic E-state index is 0.0758. The average Bonchev–Trinajstić information content (AvgIpc) is 2.22. The molecule has 90 valence electrons.